The van der Waals surface area contributed by atoms with Gasteiger partial charge in [0.15, 0.2) is 5.69 Å². The van der Waals surface area contributed by atoms with E-state index in [1.54, 1.807) is 6.92 Å². The Morgan fingerprint density at radius 1 is 1.23 bits per heavy atom. The molecule has 172 valence electrons. The second kappa shape index (κ2) is 9.84. The number of nitrogens with zero attached hydrogens (tertiary/aromatic N) is 1. The van der Waals surface area contributed by atoms with E-state index in [4.69, 9.17) is 16.3 Å². The monoisotopic (exact) mass is 468 g/mol. The van der Waals surface area contributed by atoms with Crippen molar-refractivity contribution in [3.8, 4) is 5.75 Å². The maximum atomic E-state index is 13.2. The number of hydrogen-bond donors (Lipinski definition) is 1. The van der Waals surface area contributed by atoms with Crippen LogP contribution in [-0.4, -0.2) is 35.6 Å². The Morgan fingerprint density at radius 2 is 1.90 bits per heavy atom. The molecule has 0 spiro atoms. The standard InChI is InChI=1S/C20H22ClF5N2O3/c1-4-30-17(29)16-15(21)13(27-28-16)8-7-12-6-5-11(9-14(12)31-18(22)23)10-19(2,3)20(24,25)26/h5-6,9,18H,4,7-8,10H2,1-3H3,(H,27,28). The van der Waals surface area contributed by atoms with Gasteiger partial charge in [0.05, 0.1) is 22.7 Å². The molecule has 2 rings (SSSR count). The SMILES string of the molecule is CCOC(=O)c1n[nH]c(CCc2ccc(CC(C)(C)C(F)(F)F)cc2OC(F)F)c1Cl. The average Bonchev–Trinajstić information content (AvgIpc) is 3.00. The molecule has 11 heteroatoms. The van der Waals surface area contributed by atoms with Crippen LogP contribution in [0.2, 0.25) is 5.02 Å². The zero-order valence-electron chi connectivity index (χ0n) is 17.1. The van der Waals surface area contributed by atoms with E-state index in [1.807, 2.05) is 0 Å². The minimum atomic E-state index is -4.45. The van der Waals surface area contributed by atoms with Gasteiger partial charge in [-0.15, -0.1) is 0 Å². The molecule has 0 saturated carbocycles. The first-order valence-corrected chi connectivity index (χ1v) is 9.76. The number of rotatable bonds is 9. The third kappa shape index (κ3) is 6.32. The van der Waals surface area contributed by atoms with Crippen molar-refractivity contribution in [1.82, 2.24) is 10.2 Å². The van der Waals surface area contributed by atoms with Crippen LogP contribution < -0.4 is 4.74 Å². The number of alkyl halides is 5. The molecule has 1 N–H and O–H groups in total. The molecule has 1 aromatic heterocycles. The Balaban J connectivity index is 2.22. The van der Waals surface area contributed by atoms with Crippen LogP contribution in [-0.2, 0) is 24.0 Å². The van der Waals surface area contributed by atoms with E-state index in [2.05, 4.69) is 14.9 Å². The van der Waals surface area contributed by atoms with Gasteiger partial charge in [0.1, 0.15) is 5.75 Å². The molecule has 5 nitrogen and oxygen atoms in total. The number of nitrogens with one attached hydrogen (secondary N) is 1. The first-order chi connectivity index (χ1) is 14.4. The third-order valence-electron chi connectivity index (χ3n) is 4.65. The van der Waals surface area contributed by atoms with Crippen molar-refractivity contribution in [1.29, 1.82) is 0 Å². The Bertz CT molecular complexity index is 913. The Morgan fingerprint density at radius 3 is 2.48 bits per heavy atom. The number of benzene rings is 1. The molecule has 0 unspecified atom stereocenters. The molecular weight excluding hydrogens is 447 g/mol. The van der Waals surface area contributed by atoms with Crippen LogP contribution in [0.4, 0.5) is 22.0 Å². The van der Waals surface area contributed by atoms with Crippen molar-refractivity contribution >= 4 is 17.6 Å². The number of hydrogen-bond acceptors (Lipinski definition) is 4. The molecule has 0 saturated heterocycles. The van der Waals surface area contributed by atoms with Crippen molar-refractivity contribution in [2.24, 2.45) is 5.41 Å². The highest BCUT2D eigenvalue weighted by Crippen LogP contribution is 2.41. The van der Waals surface area contributed by atoms with E-state index in [0.717, 1.165) is 13.8 Å². The molecule has 2 aromatic rings. The molecule has 1 aromatic carbocycles. The van der Waals surface area contributed by atoms with Gasteiger partial charge < -0.3 is 9.47 Å². The van der Waals surface area contributed by atoms with E-state index in [1.165, 1.54) is 18.2 Å². The Hall–Kier alpha value is -2.36. The summed E-state index contributed by atoms with van der Waals surface area (Å²) in [7, 11) is 0. The summed E-state index contributed by atoms with van der Waals surface area (Å²) in [5, 5.41) is 6.47. The number of H-pyrrole nitrogens is 1. The lowest BCUT2D eigenvalue weighted by Crippen LogP contribution is -2.34. The van der Waals surface area contributed by atoms with Crippen molar-refractivity contribution in [3.63, 3.8) is 0 Å². The van der Waals surface area contributed by atoms with Crippen molar-refractivity contribution in [2.75, 3.05) is 6.61 Å². The number of esters is 1. The zero-order valence-corrected chi connectivity index (χ0v) is 17.8. The average molecular weight is 469 g/mol. The van der Waals surface area contributed by atoms with Gasteiger partial charge >= 0.3 is 18.8 Å². The molecule has 0 amide bonds. The minimum Gasteiger partial charge on any atom is -0.461 e. The number of aromatic amines is 1. The lowest BCUT2D eigenvalue weighted by molar-refractivity contribution is -0.211. The number of ether oxygens (including phenoxy) is 2. The minimum absolute atomic E-state index is 0.0540. The van der Waals surface area contributed by atoms with Crippen LogP contribution in [0.1, 0.15) is 48.1 Å². The summed E-state index contributed by atoms with van der Waals surface area (Å²) in [5.74, 6) is -0.917. The quantitative estimate of drug-likeness (QED) is 0.375. The maximum Gasteiger partial charge on any atom is 0.394 e. The summed E-state index contributed by atoms with van der Waals surface area (Å²) in [6.07, 6.45) is -4.50. The second-order valence-corrected chi connectivity index (χ2v) is 7.84. The van der Waals surface area contributed by atoms with Gasteiger partial charge in [0.2, 0.25) is 0 Å². The Labute approximate surface area is 180 Å². The van der Waals surface area contributed by atoms with E-state index < -0.39 is 30.6 Å². The number of carbonyl (C=O) groups is 1. The molecular formula is C20H22ClF5N2O3. The van der Waals surface area contributed by atoms with E-state index >= 15 is 0 Å². The smallest absolute Gasteiger partial charge is 0.394 e. The third-order valence-corrected chi connectivity index (χ3v) is 5.06. The summed E-state index contributed by atoms with van der Waals surface area (Å²) < 4.78 is 74.6. The lowest BCUT2D eigenvalue weighted by atomic mass is 9.84. The van der Waals surface area contributed by atoms with Gasteiger partial charge in [-0.25, -0.2) is 4.79 Å². The van der Waals surface area contributed by atoms with Crippen molar-refractivity contribution in [2.45, 2.75) is 52.8 Å². The summed E-state index contributed by atoms with van der Waals surface area (Å²) in [6.45, 7) is 0.703. The van der Waals surface area contributed by atoms with Gasteiger partial charge in [-0.1, -0.05) is 37.6 Å². The lowest BCUT2D eigenvalue weighted by Gasteiger charge is -2.28. The molecule has 0 fully saturated rings. The van der Waals surface area contributed by atoms with Crippen LogP contribution in [0.25, 0.3) is 0 Å². The summed E-state index contributed by atoms with van der Waals surface area (Å²) in [5.41, 5.74) is -1.19. The topological polar surface area (TPSA) is 64.2 Å². The summed E-state index contributed by atoms with van der Waals surface area (Å²) in [4.78, 5) is 11.8. The van der Waals surface area contributed by atoms with Crippen LogP contribution in [0.15, 0.2) is 18.2 Å². The van der Waals surface area contributed by atoms with Crippen LogP contribution >= 0.6 is 11.6 Å². The molecule has 0 aliphatic rings. The molecule has 31 heavy (non-hydrogen) atoms. The van der Waals surface area contributed by atoms with Crippen molar-refractivity contribution < 1.29 is 36.2 Å². The van der Waals surface area contributed by atoms with Gasteiger partial charge in [-0.2, -0.15) is 27.1 Å². The first kappa shape index (κ1) is 24.9. The van der Waals surface area contributed by atoms with Crippen LogP contribution in [0.5, 0.6) is 5.75 Å². The molecule has 1 heterocycles. The fourth-order valence-corrected chi connectivity index (χ4v) is 3.11. The van der Waals surface area contributed by atoms with Gasteiger partial charge in [-0.05, 0) is 43.4 Å². The fourth-order valence-electron chi connectivity index (χ4n) is 2.86. The van der Waals surface area contributed by atoms with Gasteiger partial charge in [0.25, 0.3) is 0 Å². The highest BCUT2D eigenvalue weighted by molar-refractivity contribution is 6.33. The normalized spacial score (nSPS) is 12.3. The molecule has 0 aliphatic carbocycles. The molecule has 0 bridgehead atoms. The predicted molar refractivity (Wildman–Crippen MR) is 104 cm³/mol. The van der Waals surface area contributed by atoms with Gasteiger partial charge in [-0.3, -0.25) is 5.10 Å². The molecule has 0 aliphatic heterocycles. The summed E-state index contributed by atoms with van der Waals surface area (Å²) in [6, 6.07) is 4.07. The number of aromatic nitrogens is 2. The summed E-state index contributed by atoms with van der Waals surface area (Å²) >= 11 is 6.13. The highest BCUT2D eigenvalue weighted by atomic mass is 35.5. The molecule has 0 atom stereocenters. The fraction of sp³-hybridized carbons (Fsp3) is 0.500. The van der Waals surface area contributed by atoms with E-state index in [-0.39, 0.29) is 41.5 Å². The van der Waals surface area contributed by atoms with E-state index in [9.17, 15) is 26.7 Å². The zero-order chi connectivity index (χ0) is 23.4. The Kier molecular flexibility index (Phi) is 7.91. The number of aryl methyl sites for hydroxylation is 2. The van der Waals surface area contributed by atoms with Crippen LogP contribution in [0.3, 0.4) is 0 Å². The maximum absolute atomic E-state index is 13.2. The number of carbonyl (C=O) groups excluding carboxylic acids is 1. The molecule has 0 radical (unpaired) electrons. The first-order valence-electron chi connectivity index (χ1n) is 9.39. The van der Waals surface area contributed by atoms with Crippen molar-refractivity contribution in [3.05, 3.63) is 45.7 Å². The van der Waals surface area contributed by atoms with E-state index in [0.29, 0.717) is 11.3 Å². The highest BCUT2D eigenvalue weighted by Gasteiger charge is 2.47. The predicted octanol–water partition coefficient (Wildman–Crippen LogP) is 5.76. The number of halogens is 6. The largest absolute Gasteiger partial charge is 0.461 e. The van der Waals surface area contributed by atoms with Gasteiger partial charge in [0, 0.05) is 0 Å². The second-order valence-electron chi connectivity index (χ2n) is 7.46. The van der Waals surface area contributed by atoms with Crippen LogP contribution in [0, 0.1) is 5.41 Å².